The van der Waals surface area contributed by atoms with E-state index in [1.165, 1.54) is 0 Å². The largest absolute Gasteiger partial charge is 0.348 e. The molecule has 1 aliphatic carbocycles. The third-order valence-electron chi connectivity index (χ3n) is 2.29. The van der Waals surface area contributed by atoms with Crippen molar-refractivity contribution in [1.82, 2.24) is 9.97 Å². The summed E-state index contributed by atoms with van der Waals surface area (Å²) in [5, 5.41) is 0. The first kappa shape index (κ1) is 7.35. The highest BCUT2D eigenvalue weighted by atomic mass is 14.9. The van der Waals surface area contributed by atoms with Crippen molar-refractivity contribution in [2.75, 3.05) is 0 Å². The zero-order valence-electron chi connectivity index (χ0n) is 7.12. The Morgan fingerprint density at radius 1 is 1.50 bits per heavy atom. The van der Waals surface area contributed by atoms with Gasteiger partial charge in [0.1, 0.15) is 5.82 Å². The van der Waals surface area contributed by atoms with Gasteiger partial charge < -0.3 is 4.98 Å². The number of hydrogen-bond donors (Lipinski definition) is 1. The Balaban J connectivity index is 2.34. The van der Waals surface area contributed by atoms with E-state index < -0.39 is 0 Å². The third-order valence-corrected chi connectivity index (χ3v) is 2.29. The van der Waals surface area contributed by atoms with Crippen molar-refractivity contribution in [1.29, 1.82) is 0 Å². The van der Waals surface area contributed by atoms with Crippen molar-refractivity contribution in [3.8, 4) is 0 Å². The van der Waals surface area contributed by atoms with E-state index in [0.29, 0.717) is 0 Å². The van der Waals surface area contributed by atoms with E-state index >= 15 is 0 Å². The van der Waals surface area contributed by atoms with Gasteiger partial charge in [-0.05, 0) is 13.3 Å². The molecule has 1 aromatic heterocycles. The number of imidazole rings is 1. The fourth-order valence-corrected chi connectivity index (χ4v) is 1.48. The predicted molar refractivity (Wildman–Crippen MR) is 48.8 cm³/mol. The Bertz CT molecular complexity index is 309. The van der Waals surface area contributed by atoms with E-state index in [9.17, 15) is 0 Å². The highest BCUT2D eigenvalue weighted by Crippen LogP contribution is 2.28. The van der Waals surface area contributed by atoms with Gasteiger partial charge in [0, 0.05) is 17.8 Å². The second-order valence-electron chi connectivity index (χ2n) is 3.35. The summed E-state index contributed by atoms with van der Waals surface area (Å²) in [6.45, 7) is 2.19. The van der Waals surface area contributed by atoms with Gasteiger partial charge in [0.05, 0.1) is 0 Å². The van der Waals surface area contributed by atoms with Gasteiger partial charge in [-0.25, -0.2) is 4.98 Å². The molecule has 62 valence electrons. The predicted octanol–water partition coefficient (Wildman–Crippen LogP) is 2.18. The summed E-state index contributed by atoms with van der Waals surface area (Å²) in [5.74, 6) is 1.04. The molecule has 2 nitrogen and oxygen atoms in total. The third kappa shape index (κ3) is 1.09. The molecule has 1 atom stereocenters. The SMILES string of the molecule is CC1(c2ncc[nH]2)C=CC=CC1. The molecule has 0 bridgehead atoms. The fourth-order valence-electron chi connectivity index (χ4n) is 1.48. The van der Waals surface area contributed by atoms with Crippen LogP contribution in [0.1, 0.15) is 19.2 Å². The number of rotatable bonds is 1. The molecule has 0 saturated heterocycles. The van der Waals surface area contributed by atoms with Crippen molar-refractivity contribution in [3.05, 3.63) is 42.5 Å². The van der Waals surface area contributed by atoms with Crippen LogP contribution in [0.2, 0.25) is 0 Å². The number of hydrogen-bond acceptors (Lipinski definition) is 1. The van der Waals surface area contributed by atoms with Crippen LogP contribution in [0.5, 0.6) is 0 Å². The number of aromatic nitrogens is 2. The molecule has 1 N–H and O–H groups in total. The molecule has 0 amide bonds. The molecule has 0 aliphatic heterocycles. The van der Waals surface area contributed by atoms with Crippen LogP contribution in [0.4, 0.5) is 0 Å². The monoisotopic (exact) mass is 160 g/mol. The minimum absolute atomic E-state index is 0.0677. The Morgan fingerprint density at radius 2 is 2.42 bits per heavy atom. The molecule has 2 rings (SSSR count). The quantitative estimate of drug-likeness (QED) is 0.670. The van der Waals surface area contributed by atoms with E-state index in [1.54, 1.807) is 6.20 Å². The Morgan fingerprint density at radius 3 is 3.00 bits per heavy atom. The molecular formula is C10H12N2. The van der Waals surface area contributed by atoms with Crippen molar-refractivity contribution >= 4 is 0 Å². The van der Waals surface area contributed by atoms with Gasteiger partial charge in [0.25, 0.3) is 0 Å². The normalized spacial score (nSPS) is 27.8. The second-order valence-corrected chi connectivity index (χ2v) is 3.35. The lowest BCUT2D eigenvalue weighted by Crippen LogP contribution is -2.21. The van der Waals surface area contributed by atoms with Crippen LogP contribution < -0.4 is 0 Å². The molecule has 0 spiro atoms. The van der Waals surface area contributed by atoms with Gasteiger partial charge in [-0.1, -0.05) is 24.3 Å². The lowest BCUT2D eigenvalue weighted by atomic mass is 9.83. The number of H-pyrrole nitrogens is 1. The summed E-state index contributed by atoms with van der Waals surface area (Å²) >= 11 is 0. The van der Waals surface area contributed by atoms with E-state index in [-0.39, 0.29) is 5.41 Å². The Kier molecular flexibility index (Phi) is 1.61. The van der Waals surface area contributed by atoms with E-state index in [0.717, 1.165) is 12.2 Å². The average Bonchev–Trinajstić information content (AvgIpc) is 2.58. The minimum atomic E-state index is 0.0677. The summed E-state index contributed by atoms with van der Waals surface area (Å²) in [5.41, 5.74) is 0.0677. The fraction of sp³-hybridized carbons (Fsp3) is 0.300. The maximum Gasteiger partial charge on any atom is 0.116 e. The number of allylic oxidation sites excluding steroid dienone is 4. The van der Waals surface area contributed by atoms with Crippen LogP contribution in [0, 0.1) is 0 Å². The van der Waals surface area contributed by atoms with Crippen LogP contribution in [-0.2, 0) is 5.41 Å². The van der Waals surface area contributed by atoms with Crippen molar-refractivity contribution in [2.24, 2.45) is 0 Å². The van der Waals surface area contributed by atoms with Crippen LogP contribution >= 0.6 is 0 Å². The molecule has 2 heteroatoms. The summed E-state index contributed by atoms with van der Waals surface area (Å²) in [4.78, 5) is 7.42. The van der Waals surface area contributed by atoms with Gasteiger partial charge in [-0.2, -0.15) is 0 Å². The van der Waals surface area contributed by atoms with E-state index in [1.807, 2.05) is 6.20 Å². The first-order chi connectivity index (χ1) is 5.81. The zero-order valence-corrected chi connectivity index (χ0v) is 7.12. The molecule has 0 saturated carbocycles. The molecule has 1 aliphatic rings. The molecule has 1 heterocycles. The molecule has 0 radical (unpaired) electrons. The highest BCUT2D eigenvalue weighted by molar-refractivity contribution is 5.26. The maximum absolute atomic E-state index is 4.27. The van der Waals surface area contributed by atoms with Crippen molar-refractivity contribution in [3.63, 3.8) is 0 Å². The standard InChI is InChI=1S/C10H12N2/c1-10(5-3-2-4-6-10)9-11-7-8-12-9/h2-5,7-8H,6H2,1H3,(H,11,12). The van der Waals surface area contributed by atoms with Gasteiger partial charge in [-0.15, -0.1) is 0 Å². The lowest BCUT2D eigenvalue weighted by Gasteiger charge is -2.23. The molecular weight excluding hydrogens is 148 g/mol. The van der Waals surface area contributed by atoms with E-state index in [2.05, 4.69) is 41.2 Å². The van der Waals surface area contributed by atoms with Gasteiger partial charge in [0.2, 0.25) is 0 Å². The molecule has 12 heavy (non-hydrogen) atoms. The second kappa shape index (κ2) is 2.63. The van der Waals surface area contributed by atoms with Crippen molar-refractivity contribution in [2.45, 2.75) is 18.8 Å². The van der Waals surface area contributed by atoms with Crippen LogP contribution in [0.25, 0.3) is 0 Å². The van der Waals surface area contributed by atoms with Crippen molar-refractivity contribution < 1.29 is 0 Å². The molecule has 0 aromatic carbocycles. The average molecular weight is 160 g/mol. The first-order valence-electron chi connectivity index (χ1n) is 4.15. The maximum atomic E-state index is 4.27. The first-order valence-corrected chi connectivity index (χ1v) is 4.15. The van der Waals surface area contributed by atoms with Gasteiger partial charge in [0.15, 0.2) is 0 Å². The van der Waals surface area contributed by atoms with Crippen LogP contribution in [0.3, 0.4) is 0 Å². The number of nitrogens with zero attached hydrogens (tertiary/aromatic N) is 1. The van der Waals surface area contributed by atoms with Crippen LogP contribution in [0.15, 0.2) is 36.7 Å². The summed E-state index contributed by atoms with van der Waals surface area (Å²) in [6, 6.07) is 0. The smallest absolute Gasteiger partial charge is 0.116 e. The zero-order chi connectivity index (χ0) is 8.44. The number of aromatic amines is 1. The van der Waals surface area contributed by atoms with E-state index in [4.69, 9.17) is 0 Å². The minimum Gasteiger partial charge on any atom is -0.348 e. The van der Waals surface area contributed by atoms with Gasteiger partial charge in [-0.3, -0.25) is 0 Å². The Labute approximate surface area is 72.0 Å². The number of nitrogens with one attached hydrogen (secondary N) is 1. The molecule has 1 aromatic rings. The molecule has 0 fully saturated rings. The van der Waals surface area contributed by atoms with Crippen LogP contribution in [-0.4, -0.2) is 9.97 Å². The summed E-state index contributed by atoms with van der Waals surface area (Å²) in [6.07, 6.45) is 13.2. The topological polar surface area (TPSA) is 28.7 Å². The Hall–Kier alpha value is -1.31. The lowest BCUT2D eigenvalue weighted by molar-refractivity contribution is 0.563. The molecule has 1 unspecified atom stereocenters. The van der Waals surface area contributed by atoms with Gasteiger partial charge >= 0.3 is 0 Å². The highest BCUT2D eigenvalue weighted by Gasteiger charge is 2.25. The summed E-state index contributed by atoms with van der Waals surface area (Å²) in [7, 11) is 0. The summed E-state index contributed by atoms with van der Waals surface area (Å²) < 4.78 is 0.